The second-order valence-electron chi connectivity index (χ2n) is 7.66. The quantitative estimate of drug-likeness (QED) is 0.254. The molecule has 0 saturated carbocycles. The summed E-state index contributed by atoms with van der Waals surface area (Å²) in [6.45, 7) is 0. The molecule has 6 nitrogen and oxygen atoms in total. The molecule has 0 aliphatic rings. The van der Waals surface area contributed by atoms with Crippen LogP contribution in [0.4, 0.5) is 24.7 Å². The Morgan fingerprint density at radius 1 is 0.889 bits per heavy atom. The van der Waals surface area contributed by atoms with Gasteiger partial charge in [0.1, 0.15) is 23.3 Å². The Morgan fingerprint density at radius 2 is 1.61 bits per heavy atom. The number of nitrogens with zero attached hydrogens (tertiary/aromatic N) is 2. The van der Waals surface area contributed by atoms with Gasteiger partial charge in [0, 0.05) is 35.7 Å². The van der Waals surface area contributed by atoms with Crippen LogP contribution in [0.5, 0.6) is 17.2 Å². The molecule has 0 fully saturated rings. The number of imidazole rings is 1. The summed E-state index contributed by atoms with van der Waals surface area (Å²) >= 11 is 1.06. The molecule has 0 saturated heterocycles. The molecule has 1 aromatic heterocycles. The lowest BCUT2D eigenvalue weighted by Crippen LogP contribution is -2.10. The van der Waals surface area contributed by atoms with Crippen molar-refractivity contribution in [3.05, 3.63) is 77.7 Å². The molecule has 0 unspecified atom stereocenters. The molecule has 0 radical (unpaired) electrons. The molecule has 3 aromatic carbocycles. The monoisotopic (exact) mass is 515 g/mol. The third kappa shape index (κ3) is 4.94. The number of H-pyrrole nitrogens is 1. The van der Waals surface area contributed by atoms with E-state index in [1.165, 1.54) is 31.4 Å². The number of hydrogen-bond acceptors (Lipinski definition) is 6. The van der Waals surface area contributed by atoms with Crippen molar-refractivity contribution in [3.63, 3.8) is 0 Å². The molecule has 0 bridgehead atoms. The molecule has 0 aliphatic heterocycles. The highest BCUT2D eigenvalue weighted by Crippen LogP contribution is 2.42. The predicted octanol–water partition coefficient (Wildman–Crippen LogP) is 6.58. The molecule has 1 heterocycles. The number of nitrogens with one attached hydrogen (secondary N) is 1. The highest BCUT2D eigenvalue weighted by Gasteiger charge is 2.21. The van der Waals surface area contributed by atoms with Gasteiger partial charge in [0.05, 0.1) is 32.4 Å². The molecule has 10 heteroatoms. The Bertz CT molecular complexity index is 1360. The Labute approximate surface area is 211 Å². The summed E-state index contributed by atoms with van der Waals surface area (Å²) in [4.78, 5) is 9.93. The first kappa shape index (κ1) is 25.3. The molecule has 4 aromatic rings. The van der Waals surface area contributed by atoms with Crippen molar-refractivity contribution >= 4 is 23.3 Å². The standard InChI is InChI=1S/C26H24F3N3O3S/c1-32(15-8-11-21(33-2)22(12-15)34-3)23-13-30-26(31-23)16-9-10-20(29)24(35-4)25(16)36-14-17-18(27)6-5-7-19(17)28/h5-13H,14H2,1-4H3,(H,30,31). The highest BCUT2D eigenvalue weighted by atomic mass is 32.2. The normalized spacial score (nSPS) is 10.9. The second kappa shape index (κ2) is 10.9. The first-order valence-electron chi connectivity index (χ1n) is 10.8. The summed E-state index contributed by atoms with van der Waals surface area (Å²) < 4.78 is 58.9. The van der Waals surface area contributed by atoms with Gasteiger partial charge in [-0.1, -0.05) is 6.07 Å². The maximum absolute atomic E-state index is 14.6. The van der Waals surface area contributed by atoms with E-state index in [2.05, 4.69) is 9.97 Å². The largest absolute Gasteiger partial charge is 0.493 e. The van der Waals surface area contributed by atoms with Gasteiger partial charge < -0.3 is 24.1 Å². The van der Waals surface area contributed by atoms with Crippen molar-refractivity contribution in [2.45, 2.75) is 10.6 Å². The molecule has 0 atom stereocenters. The number of aromatic amines is 1. The summed E-state index contributed by atoms with van der Waals surface area (Å²) in [6, 6.07) is 12.0. The highest BCUT2D eigenvalue weighted by molar-refractivity contribution is 7.98. The Morgan fingerprint density at radius 3 is 2.28 bits per heavy atom. The smallest absolute Gasteiger partial charge is 0.168 e. The molecule has 0 spiro atoms. The fraction of sp³-hybridized carbons (Fsp3) is 0.192. The van der Waals surface area contributed by atoms with Crippen molar-refractivity contribution < 1.29 is 27.4 Å². The van der Waals surface area contributed by atoms with Crippen LogP contribution in [-0.4, -0.2) is 38.3 Å². The topological polar surface area (TPSA) is 59.6 Å². The minimum Gasteiger partial charge on any atom is -0.493 e. The van der Waals surface area contributed by atoms with Crippen molar-refractivity contribution in [1.82, 2.24) is 9.97 Å². The van der Waals surface area contributed by atoms with E-state index in [4.69, 9.17) is 14.2 Å². The summed E-state index contributed by atoms with van der Waals surface area (Å²) in [6.07, 6.45) is 1.63. The number of benzene rings is 3. The Balaban J connectivity index is 1.68. The van der Waals surface area contributed by atoms with Gasteiger partial charge in [0.2, 0.25) is 0 Å². The van der Waals surface area contributed by atoms with Gasteiger partial charge in [-0.25, -0.2) is 18.2 Å². The predicted molar refractivity (Wildman–Crippen MR) is 134 cm³/mol. The van der Waals surface area contributed by atoms with Crippen LogP contribution < -0.4 is 19.1 Å². The SMILES string of the molecule is COc1ccc(N(C)c2cnc(-c3ccc(F)c(OC)c3SCc3c(F)cccc3F)[nH]2)cc1OC. The van der Waals surface area contributed by atoms with Crippen LogP contribution in [-0.2, 0) is 5.75 Å². The van der Waals surface area contributed by atoms with Crippen LogP contribution in [0.1, 0.15) is 5.56 Å². The van der Waals surface area contributed by atoms with E-state index in [1.54, 1.807) is 32.5 Å². The average molecular weight is 516 g/mol. The van der Waals surface area contributed by atoms with Crippen LogP contribution in [0.3, 0.4) is 0 Å². The van der Waals surface area contributed by atoms with Crippen LogP contribution in [0, 0.1) is 17.5 Å². The molecular weight excluding hydrogens is 491 g/mol. The fourth-order valence-electron chi connectivity index (χ4n) is 3.66. The van der Waals surface area contributed by atoms with Crippen LogP contribution in [0.15, 0.2) is 59.6 Å². The zero-order valence-corrected chi connectivity index (χ0v) is 20.9. The Kier molecular flexibility index (Phi) is 7.64. The lowest BCUT2D eigenvalue weighted by molar-refractivity contribution is 0.355. The van der Waals surface area contributed by atoms with Gasteiger partial charge in [0.15, 0.2) is 23.1 Å². The van der Waals surface area contributed by atoms with E-state index in [9.17, 15) is 13.2 Å². The van der Waals surface area contributed by atoms with Crippen LogP contribution in [0.2, 0.25) is 0 Å². The minimum atomic E-state index is -0.670. The van der Waals surface area contributed by atoms with Crippen LogP contribution in [0.25, 0.3) is 11.4 Å². The van der Waals surface area contributed by atoms with Crippen molar-refractivity contribution in [3.8, 4) is 28.6 Å². The molecule has 0 aliphatic carbocycles. The fourth-order valence-corrected chi connectivity index (χ4v) is 4.86. The summed E-state index contributed by atoms with van der Waals surface area (Å²) in [5, 5.41) is 0. The zero-order valence-electron chi connectivity index (χ0n) is 20.1. The maximum atomic E-state index is 14.6. The third-order valence-electron chi connectivity index (χ3n) is 5.62. The molecule has 0 amide bonds. The van der Waals surface area contributed by atoms with Crippen LogP contribution >= 0.6 is 11.8 Å². The minimum absolute atomic E-state index is 0.0274. The number of methoxy groups -OCH3 is 3. The third-order valence-corrected chi connectivity index (χ3v) is 6.75. The number of aromatic nitrogens is 2. The number of anilines is 2. The Hall–Kier alpha value is -3.79. The van der Waals surface area contributed by atoms with E-state index < -0.39 is 17.5 Å². The number of thioether (sulfide) groups is 1. The summed E-state index contributed by atoms with van der Waals surface area (Å²) in [5.41, 5.74) is 1.24. The zero-order chi connectivity index (χ0) is 25.8. The van der Waals surface area contributed by atoms with E-state index in [1.807, 2.05) is 24.1 Å². The van der Waals surface area contributed by atoms with Gasteiger partial charge in [0.25, 0.3) is 0 Å². The van der Waals surface area contributed by atoms with Gasteiger partial charge in [-0.15, -0.1) is 11.8 Å². The van der Waals surface area contributed by atoms with Gasteiger partial charge in [-0.3, -0.25) is 0 Å². The summed E-state index contributed by atoms with van der Waals surface area (Å²) in [5.74, 6) is 0.239. The average Bonchev–Trinajstić information content (AvgIpc) is 3.37. The molecule has 36 heavy (non-hydrogen) atoms. The maximum Gasteiger partial charge on any atom is 0.168 e. The second-order valence-corrected chi connectivity index (χ2v) is 8.65. The number of halogens is 3. The van der Waals surface area contributed by atoms with E-state index in [0.717, 1.165) is 17.4 Å². The first-order valence-corrected chi connectivity index (χ1v) is 11.8. The molecule has 188 valence electrons. The van der Waals surface area contributed by atoms with E-state index in [0.29, 0.717) is 33.6 Å². The van der Waals surface area contributed by atoms with Crippen molar-refractivity contribution in [2.24, 2.45) is 0 Å². The van der Waals surface area contributed by atoms with Crippen molar-refractivity contribution in [2.75, 3.05) is 33.3 Å². The van der Waals surface area contributed by atoms with E-state index >= 15 is 0 Å². The molecule has 4 rings (SSSR count). The van der Waals surface area contributed by atoms with Gasteiger partial charge >= 0.3 is 0 Å². The molecular formula is C26H24F3N3O3S. The van der Waals surface area contributed by atoms with Crippen molar-refractivity contribution in [1.29, 1.82) is 0 Å². The number of ether oxygens (including phenoxy) is 3. The lowest BCUT2D eigenvalue weighted by atomic mass is 10.2. The number of hydrogen-bond donors (Lipinski definition) is 1. The first-order chi connectivity index (χ1) is 17.4. The summed E-state index contributed by atoms with van der Waals surface area (Å²) in [7, 11) is 6.31. The van der Waals surface area contributed by atoms with Gasteiger partial charge in [-0.05, 0) is 36.4 Å². The molecule has 1 N–H and O–H groups in total. The van der Waals surface area contributed by atoms with E-state index in [-0.39, 0.29) is 17.1 Å². The lowest BCUT2D eigenvalue weighted by Gasteiger charge is -2.19. The number of rotatable bonds is 9. The van der Waals surface area contributed by atoms with Gasteiger partial charge in [-0.2, -0.15) is 0 Å².